The first-order valence-electron chi connectivity index (χ1n) is 7.00. The van der Waals surface area contributed by atoms with E-state index < -0.39 is 22.4 Å². The van der Waals surface area contributed by atoms with Crippen molar-refractivity contribution in [3.05, 3.63) is 10.1 Å². The summed E-state index contributed by atoms with van der Waals surface area (Å²) in [5.74, 6) is -0.612. The molecule has 0 radical (unpaired) electrons. The van der Waals surface area contributed by atoms with E-state index in [0.717, 1.165) is 17.7 Å². The Morgan fingerprint density at radius 1 is 1.40 bits per heavy atom. The lowest BCUT2D eigenvalue weighted by Crippen LogP contribution is -2.72. The van der Waals surface area contributed by atoms with Crippen LogP contribution in [0.4, 0.5) is 4.79 Å². The zero-order valence-corrected chi connectivity index (χ0v) is 12.3. The Morgan fingerprint density at radius 2 is 1.95 bits per heavy atom. The van der Waals surface area contributed by atoms with Gasteiger partial charge in [-0.05, 0) is 25.7 Å². The molecule has 3 amide bonds. The second-order valence-corrected chi connectivity index (χ2v) is 6.31. The lowest BCUT2D eigenvalue weighted by atomic mass is 9.88. The highest BCUT2D eigenvalue weighted by atomic mass is 16.6. The molecule has 0 N–H and O–H groups in total. The second kappa shape index (κ2) is 4.71. The summed E-state index contributed by atoms with van der Waals surface area (Å²) in [6.07, 6.45) is 1.71. The van der Waals surface area contributed by atoms with Crippen LogP contribution in [0.5, 0.6) is 0 Å². The Bertz CT molecular complexity index is 461. The lowest BCUT2D eigenvalue weighted by molar-refractivity contribution is -0.557. The first-order chi connectivity index (χ1) is 9.21. The van der Waals surface area contributed by atoms with Crippen molar-refractivity contribution in [2.24, 2.45) is 5.92 Å². The third-order valence-electron chi connectivity index (χ3n) is 4.23. The van der Waals surface area contributed by atoms with Crippen molar-refractivity contribution in [1.29, 1.82) is 0 Å². The molecule has 7 heteroatoms. The quantitative estimate of drug-likeness (QED) is 0.578. The van der Waals surface area contributed by atoms with Gasteiger partial charge in [-0.1, -0.05) is 13.8 Å². The van der Waals surface area contributed by atoms with Crippen molar-refractivity contribution in [2.45, 2.75) is 58.2 Å². The van der Waals surface area contributed by atoms with E-state index in [1.165, 1.54) is 11.8 Å². The van der Waals surface area contributed by atoms with E-state index in [2.05, 4.69) is 0 Å². The van der Waals surface area contributed by atoms with E-state index in [9.17, 15) is 19.7 Å². The smallest absolute Gasteiger partial charge is 0.311 e. The molecule has 0 spiro atoms. The third-order valence-corrected chi connectivity index (χ3v) is 4.23. The largest absolute Gasteiger partial charge is 0.327 e. The molecule has 2 atom stereocenters. The molecule has 1 aliphatic carbocycles. The van der Waals surface area contributed by atoms with Crippen LogP contribution in [-0.2, 0) is 4.79 Å². The molecule has 0 aromatic heterocycles. The molecule has 2 unspecified atom stereocenters. The topological polar surface area (TPSA) is 83.8 Å². The van der Waals surface area contributed by atoms with Crippen molar-refractivity contribution < 1.29 is 14.5 Å². The molecule has 2 fully saturated rings. The van der Waals surface area contributed by atoms with Crippen molar-refractivity contribution in [1.82, 2.24) is 9.80 Å². The maximum absolute atomic E-state index is 12.5. The van der Waals surface area contributed by atoms with Crippen LogP contribution in [0.3, 0.4) is 0 Å². The predicted octanol–water partition coefficient (Wildman–Crippen LogP) is 1.49. The number of rotatable bonds is 4. The SMILES string of the molecule is CC(C)CN1C(=O)N(C2CC2)C(C)C(C)([N+](=O)[O-])C1=O. The van der Waals surface area contributed by atoms with E-state index in [4.69, 9.17) is 0 Å². The third kappa shape index (κ3) is 2.05. The van der Waals surface area contributed by atoms with Gasteiger partial charge < -0.3 is 4.90 Å². The molecule has 1 heterocycles. The van der Waals surface area contributed by atoms with Gasteiger partial charge in [-0.25, -0.2) is 4.79 Å². The van der Waals surface area contributed by atoms with Crippen molar-refractivity contribution in [2.75, 3.05) is 6.54 Å². The van der Waals surface area contributed by atoms with Gasteiger partial charge >= 0.3 is 17.5 Å². The van der Waals surface area contributed by atoms with Crippen LogP contribution in [0.2, 0.25) is 0 Å². The number of hydrogen-bond acceptors (Lipinski definition) is 4. The predicted molar refractivity (Wildman–Crippen MR) is 71.7 cm³/mol. The maximum Gasteiger partial charge on any atom is 0.327 e. The summed E-state index contributed by atoms with van der Waals surface area (Å²) in [7, 11) is 0. The van der Waals surface area contributed by atoms with Gasteiger partial charge in [0, 0.05) is 24.4 Å². The average Bonchev–Trinajstić information content (AvgIpc) is 3.16. The molecule has 1 saturated heterocycles. The van der Waals surface area contributed by atoms with Crippen molar-refractivity contribution in [3.8, 4) is 0 Å². The van der Waals surface area contributed by atoms with Crippen LogP contribution in [0, 0.1) is 16.0 Å². The van der Waals surface area contributed by atoms with Crippen LogP contribution in [-0.4, -0.2) is 50.8 Å². The van der Waals surface area contributed by atoms with Crippen LogP contribution in [0.15, 0.2) is 0 Å². The van der Waals surface area contributed by atoms with Crippen molar-refractivity contribution in [3.63, 3.8) is 0 Å². The summed E-state index contributed by atoms with van der Waals surface area (Å²) in [6, 6.07) is -1.05. The van der Waals surface area contributed by atoms with Gasteiger partial charge in [-0.15, -0.1) is 0 Å². The number of urea groups is 1. The highest BCUT2D eigenvalue weighted by Gasteiger charge is 2.63. The standard InChI is InChI=1S/C13H21N3O4/c1-8(2)7-14-11(17)13(4,16(19)20)9(3)15(12(14)18)10-5-6-10/h8-10H,5-7H2,1-4H3. The molecule has 0 bridgehead atoms. The van der Waals surface area contributed by atoms with Gasteiger partial charge in [0.25, 0.3) is 0 Å². The summed E-state index contributed by atoms with van der Waals surface area (Å²) in [5, 5.41) is 11.4. The number of carbonyl (C=O) groups is 2. The zero-order valence-electron chi connectivity index (χ0n) is 12.3. The van der Waals surface area contributed by atoms with E-state index in [1.807, 2.05) is 13.8 Å². The van der Waals surface area contributed by atoms with E-state index >= 15 is 0 Å². The fourth-order valence-corrected chi connectivity index (χ4v) is 2.70. The Morgan fingerprint density at radius 3 is 2.35 bits per heavy atom. The molecule has 0 aromatic carbocycles. The average molecular weight is 283 g/mol. The molecule has 0 aromatic rings. The van der Waals surface area contributed by atoms with Crippen LogP contribution in [0.25, 0.3) is 0 Å². The van der Waals surface area contributed by atoms with E-state index in [0.29, 0.717) is 0 Å². The monoisotopic (exact) mass is 283 g/mol. The van der Waals surface area contributed by atoms with Gasteiger partial charge in [0.05, 0.1) is 0 Å². The fraction of sp³-hybridized carbons (Fsp3) is 0.846. The number of hydrogen-bond donors (Lipinski definition) is 0. The van der Waals surface area contributed by atoms with Crippen LogP contribution < -0.4 is 0 Å². The maximum atomic E-state index is 12.5. The number of carbonyl (C=O) groups excluding carboxylic acids is 2. The Balaban J connectivity index is 2.41. The normalized spacial score (nSPS) is 31.1. The summed E-state index contributed by atoms with van der Waals surface area (Å²) in [5.41, 5.74) is -1.76. The molecule has 1 aliphatic heterocycles. The highest BCUT2D eigenvalue weighted by Crippen LogP contribution is 2.37. The molecule has 20 heavy (non-hydrogen) atoms. The summed E-state index contributed by atoms with van der Waals surface area (Å²) in [6.45, 7) is 6.91. The fourth-order valence-electron chi connectivity index (χ4n) is 2.70. The molecule has 112 valence electrons. The van der Waals surface area contributed by atoms with Gasteiger partial charge in [0.15, 0.2) is 0 Å². The van der Waals surface area contributed by atoms with Crippen LogP contribution >= 0.6 is 0 Å². The number of nitro groups is 1. The minimum absolute atomic E-state index is 0.0412. The summed E-state index contributed by atoms with van der Waals surface area (Å²) >= 11 is 0. The first kappa shape index (κ1) is 14.7. The lowest BCUT2D eigenvalue weighted by Gasteiger charge is -2.44. The molecule has 2 rings (SSSR count). The van der Waals surface area contributed by atoms with E-state index in [1.54, 1.807) is 6.92 Å². The summed E-state index contributed by atoms with van der Waals surface area (Å²) < 4.78 is 0. The molecule has 2 aliphatic rings. The minimum Gasteiger partial charge on any atom is -0.311 e. The number of amides is 3. The molecular weight excluding hydrogens is 262 g/mol. The molecule has 1 saturated carbocycles. The molecule has 7 nitrogen and oxygen atoms in total. The molecular formula is C13H21N3O4. The Hall–Kier alpha value is -1.66. The summed E-state index contributed by atoms with van der Waals surface area (Å²) in [4.78, 5) is 38.4. The van der Waals surface area contributed by atoms with Gasteiger partial charge in [-0.3, -0.25) is 19.8 Å². The van der Waals surface area contributed by atoms with Gasteiger partial charge in [0.1, 0.15) is 6.04 Å². The Kier molecular flexibility index (Phi) is 3.47. The number of imide groups is 1. The first-order valence-corrected chi connectivity index (χ1v) is 7.00. The van der Waals surface area contributed by atoms with Gasteiger partial charge in [0.2, 0.25) is 0 Å². The van der Waals surface area contributed by atoms with Gasteiger partial charge in [-0.2, -0.15) is 0 Å². The zero-order chi connectivity index (χ0) is 15.2. The minimum atomic E-state index is -1.76. The highest BCUT2D eigenvalue weighted by molar-refractivity contribution is 6.02. The Labute approximate surface area is 118 Å². The van der Waals surface area contributed by atoms with E-state index in [-0.39, 0.29) is 24.5 Å². The second-order valence-electron chi connectivity index (χ2n) is 6.31. The van der Waals surface area contributed by atoms with Crippen molar-refractivity contribution >= 4 is 11.9 Å². The number of nitrogens with zero attached hydrogens (tertiary/aromatic N) is 3. The van der Waals surface area contributed by atoms with Crippen LogP contribution in [0.1, 0.15) is 40.5 Å².